The van der Waals surface area contributed by atoms with E-state index in [-0.39, 0.29) is 11.8 Å². The molecule has 2 aliphatic rings. The monoisotopic (exact) mass is 222 g/mol. The van der Waals surface area contributed by atoms with Gasteiger partial charge in [0.15, 0.2) is 0 Å². The van der Waals surface area contributed by atoms with Gasteiger partial charge in [-0.15, -0.1) is 0 Å². The summed E-state index contributed by atoms with van der Waals surface area (Å²) in [5.74, 6) is -1.58. The van der Waals surface area contributed by atoms with E-state index in [1.165, 1.54) is 0 Å². The molecule has 0 saturated heterocycles. The van der Waals surface area contributed by atoms with Gasteiger partial charge in [0.2, 0.25) is 0 Å². The Morgan fingerprint density at radius 1 is 0.933 bits per heavy atom. The van der Waals surface area contributed by atoms with Crippen molar-refractivity contribution in [1.29, 1.82) is 0 Å². The summed E-state index contributed by atoms with van der Waals surface area (Å²) in [6.07, 6.45) is -0.772. The lowest BCUT2D eigenvalue weighted by molar-refractivity contribution is -0.234. The zero-order chi connectivity index (χ0) is 11.1. The fourth-order valence-electron chi connectivity index (χ4n) is 3.38. The van der Waals surface area contributed by atoms with E-state index in [2.05, 4.69) is 0 Å². The molecule has 4 unspecified atom stereocenters. The zero-order valence-corrected chi connectivity index (χ0v) is 8.63. The lowest BCUT2D eigenvalue weighted by Gasteiger charge is -2.44. The maximum absolute atomic E-state index is 12.8. The molecule has 1 N–H and O–H groups in total. The van der Waals surface area contributed by atoms with Crippen molar-refractivity contribution in [3.8, 4) is 0 Å². The van der Waals surface area contributed by atoms with Gasteiger partial charge in [-0.1, -0.05) is 19.3 Å². The van der Waals surface area contributed by atoms with Crippen LogP contribution in [0.15, 0.2) is 0 Å². The van der Waals surface area contributed by atoms with E-state index in [1.54, 1.807) is 0 Å². The molecule has 0 aromatic heterocycles. The highest BCUT2D eigenvalue weighted by Gasteiger charge is 2.53. The molecule has 2 aliphatic carbocycles. The number of aliphatic hydroxyl groups excluding tert-OH is 1. The Hall–Kier alpha value is -0.250. The van der Waals surface area contributed by atoms with Crippen molar-refractivity contribution < 1.29 is 18.3 Å². The van der Waals surface area contributed by atoms with Crippen molar-refractivity contribution in [3.05, 3.63) is 0 Å². The van der Waals surface area contributed by atoms with Gasteiger partial charge in [-0.25, -0.2) is 0 Å². The van der Waals surface area contributed by atoms with Gasteiger partial charge in [-0.2, -0.15) is 13.2 Å². The predicted octanol–water partition coefficient (Wildman–Crippen LogP) is 3.13. The first kappa shape index (κ1) is 11.2. The van der Waals surface area contributed by atoms with Crippen LogP contribution in [0.1, 0.15) is 38.5 Å². The molecule has 88 valence electrons. The van der Waals surface area contributed by atoms with Crippen molar-refractivity contribution in [3.63, 3.8) is 0 Å². The molecule has 15 heavy (non-hydrogen) atoms. The van der Waals surface area contributed by atoms with Crippen LogP contribution < -0.4 is 0 Å². The molecule has 4 atom stereocenters. The molecule has 0 aliphatic heterocycles. The number of alkyl halides is 3. The first-order valence-electron chi connectivity index (χ1n) is 5.75. The third kappa shape index (κ3) is 2.14. The Kier molecular flexibility index (Phi) is 2.97. The Balaban J connectivity index is 2.16. The number of rotatable bonds is 0. The molecular weight excluding hydrogens is 205 g/mol. The van der Waals surface area contributed by atoms with Crippen molar-refractivity contribution >= 4 is 0 Å². The second-order valence-electron chi connectivity index (χ2n) is 4.92. The van der Waals surface area contributed by atoms with Crippen LogP contribution in [0.25, 0.3) is 0 Å². The predicted molar refractivity (Wildman–Crippen MR) is 50.2 cm³/mol. The second-order valence-corrected chi connectivity index (χ2v) is 4.92. The van der Waals surface area contributed by atoms with Crippen molar-refractivity contribution in [2.45, 2.75) is 50.8 Å². The summed E-state index contributed by atoms with van der Waals surface area (Å²) in [7, 11) is 0. The molecule has 0 spiro atoms. The molecular formula is C11H17F3O. The molecule has 1 nitrogen and oxygen atoms in total. The van der Waals surface area contributed by atoms with Crippen LogP contribution in [0.4, 0.5) is 13.2 Å². The van der Waals surface area contributed by atoms with Crippen LogP contribution in [0.3, 0.4) is 0 Å². The van der Waals surface area contributed by atoms with E-state index in [4.69, 9.17) is 0 Å². The van der Waals surface area contributed by atoms with Crippen LogP contribution in [0.5, 0.6) is 0 Å². The molecule has 0 radical (unpaired) electrons. The van der Waals surface area contributed by atoms with Crippen molar-refractivity contribution in [2.75, 3.05) is 0 Å². The summed E-state index contributed by atoms with van der Waals surface area (Å²) in [6, 6.07) is 0. The smallest absolute Gasteiger partial charge is 0.392 e. The molecule has 2 rings (SSSR count). The van der Waals surface area contributed by atoms with Gasteiger partial charge in [-0.05, 0) is 31.1 Å². The highest BCUT2D eigenvalue weighted by atomic mass is 19.4. The van der Waals surface area contributed by atoms with Crippen LogP contribution in [0.2, 0.25) is 0 Å². The van der Waals surface area contributed by atoms with Crippen LogP contribution >= 0.6 is 0 Å². The van der Waals surface area contributed by atoms with E-state index in [1.807, 2.05) is 0 Å². The highest BCUT2D eigenvalue weighted by Crippen LogP contribution is 2.49. The third-order valence-corrected chi connectivity index (χ3v) is 4.05. The summed E-state index contributed by atoms with van der Waals surface area (Å²) < 4.78 is 38.4. The van der Waals surface area contributed by atoms with Gasteiger partial charge in [0, 0.05) is 0 Å². The summed E-state index contributed by atoms with van der Waals surface area (Å²) in [4.78, 5) is 0. The average molecular weight is 222 g/mol. The Morgan fingerprint density at radius 2 is 1.60 bits per heavy atom. The molecule has 0 amide bonds. The van der Waals surface area contributed by atoms with E-state index in [9.17, 15) is 18.3 Å². The van der Waals surface area contributed by atoms with Crippen LogP contribution in [-0.2, 0) is 0 Å². The minimum Gasteiger partial charge on any atom is -0.392 e. The van der Waals surface area contributed by atoms with E-state index in [0.29, 0.717) is 12.8 Å². The number of hydrogen-bond donors (Lipinski definition) is 1. The summed E-state index contributed by atoms with van der Waals surface area (Å²) in [5, 5.41) is 9.52. The largest absolute Gasteiger partial charge is 0.394 e. The lowest BCUT2D eigenvalue weighted by Crippen LogP contribution is -2.47. The van der Waals surface area contributed by atoms with Gasteiger partial charge >= 0.3 is 6.18 Å². The van der Waals surface area contributed by atoms with E-state index >= 15 is 0 Å². The number of hydrogen-bond acceptors (Lipinski definition) is 1. The average Bonchev–Trinajstić information content (AvgIpc) is 2.15. The number of aliphatic hydroxyl groups is 1. The third-order valence-electron chi connectivity index (χ3n) is 4.05. The molecule has 2 saturated carbocycles. The molecule has 0 aromatic rings. The van der Waals surface area contributed by atoms with Crippen LogP contribution in [0, 0.1) is 17.8 Å². The normalized spacial score (nSPS) is 42.4. The maximum atomic E-state index is 12.8. The second kappa shape index (κ2) is 3.96. The molecule has 4 heteroatoms. The Labute approximate surface area is 87.7 Å². The van der Waals surface area contributed by atoms with E-state index < -0.39 is 18.2 Å². The molecule has 0 aromatic carbocycles. The Morgan fingerprint density at radius 3 is 2.27 bits per heavy atom. The first-order chi connectivity index (χ1) is 7.00. The fraction of sp³-hybridized carbons (Fsp3) is 1.00. The van der Waals surface area contributed by atoms with Crippen LogP contribution in [-0.4, -0.2) is 17.4 Å². The van der Waals surface area contributed by atoms with Crippen molar-refractivity contribution in [2.24, 2.45) is 17.8 Å². The van der Waals surface area contributed by atoms with Gasteiger partial charge in [-0.3, -0.25) is 0 Å². The maximum Gasteiger partial charge on any atom is 0.394 e. The van der Waals surface area contributed by atoms with Gasteiger partial charge in [0.25, 0.3) is 0 Å². The number of fused-ring (bicyclic) bond motifs is 1. The minimum absolute atomic E-state index is 0.203. The lowest BCUT2D eigenvalue weighted by atomic mass is 9.64. The first-order valence-corrected chi connectivity index (χ1v) is 5.75. The molecule has 0 heterocycles. The number of halogens is 3. The molecule has 0 bridgehead atoms. The quantitative estimate of drug-likeness (QED) is 0.667. The zero-order valence-electron chi connectivity index (χ0n) is 8.63. The topological polar surface area (TPSA) is 20.2 Å². The van der Waals surface area contributed by atoms with Gasteiger partial charge in [0.05, 0.1) is 12.0 Å². The summed E-state index contributed by atoms with van der Waals surface area (Å²) in [6.45, 7) is 0. The van der Waals surface area contributed by atoms with Gasteiger partial charge < -0.3 is 5.11 Å². The molecule has 2 fully saturated rings. The van der Waals surface area contributed by atoms with Crippen molar-refractivity contribution in [1.82, 2.24) is 0 Å². The minimum atomic E-state index is -4.22. The van der Waals surface area contributed by atoms with E-state index in [0.717, 1.165) is 25.7 Å². The summed E-state index contributed by atoms with van der Waals surface area (Å²) in [5.41, 5.74) is 0. The van der Waals surface area contributed by atoms with Gasteiger partial charge in [0.1, 0.15) is 0 Å². The highest BCUT2D eigenvalue weighted by molar-refractivity contribution is 4.92. The SMILES string of the molecule is OC1CCC2CCCCC2C1C(F)(F)F. The standard InChI is InChI=1S/C11H17F3O/c12-11(13,14)10-8-4-2-1-3-7(8)5-6-9(10)15/h7-10,15H,1-6H2. The summed E-state index contributed by atoms with van der Waals surface area (Å²) >= 11 is 0. The Bertz CT molecular complexity index is 226. The fourth-order valence-corrected chi connectivity index (χ4v) is 3.38.